The number of rotatable bonds is 4. The van der Waals surface area contributed by atoms with Crippen molar-refractivity contribution in [1.82, 2.24) is 5.43 Å². The molecule has 0 fully saturated rings. The highest BCUT2D eigenvalue weighted by Crippen LogP contribution is 2.21. The first-order chi connectivity index (χ1) is 7.84. The summed E-state index contributed by atoms with van der Waals surface area (Å²) in [6.07, 6.45) is 0.998. The number of sulfonamides is 1. The van der Waals surface area contributed by atoms with Crippen LogP contribution in [-0.2, 0) is 14.8 Å². The SMILES string of the molecule is CS(=O)(=O)N(CC(=O)NN)c1cccc(Cl)c1. The van der Waals surface area contributed by atoms with E-state index >= 15 is 0 Å². The first kappa shape index (κ1) is 13.8. The Hall–Kier alpha value is -1.31. The average Bonchev–Trinajstić information content (AvgIpc) is 2.23. The molecule has 0 aliphatic rings. The van der Waals surface area contributed by atoms with Gasteiger partial charge in [0, 0.05) is 5.02 Å². The summed E-state index contributed by atoms with van der Waals surface area (Å²) in [5, 5.41) is 0.379. The summed E-state index contributed by atoms with van der Waals surface area (Å²) in [6.45, 7) is -0.393. The number of hydrogen-bond acceptors (Lipinski definition) is 4. The molecule has 0 unspecified atom stereocenters. The molecule has 1 aromatic rings. The molecular weight excluding hydrogens is 266 g/mol. The van der Waals surface area contributed by atoms with Crippen LogP contribution in [-0.4, -0.2) is 27.1 Å². The minimum absolute atomic E-state index is 0.309. The third-order valence-electron chi connectivity index (χ3n) is 1.94. The highest BCUT2D eigenvalue weighted by Gasteiger charge is 2.20. The molecule has 6 nitrogen and oxygen atoms in total. The lowest BCUT2D eigenvalue weighted by atomic mass is 10.3. The van der Waals surface area contributed by atoms with E-state index in [0.717, 1.165) is 10.6 Å². The maximum Gasteiger partial charge on any atom is 0.254 e. The minimum Gasteiger partial charge on any atom is -0.293 e. The number of halogens is 1. The van der Waals surface area contributed by atoms with Gasteiger partial charge in [0.2, 0.25) is 10.0 Å². The number of amides is 1. The van der Waals surface area contributed by atoms with E-state index in [-0.39, 0.29) is 0 Å². The van der Waals surface area contributed by atoms with Crippen molar-refractivity contribution in [3.63, 3.8) is 0 Å². The van der Waals surface area contributed by atoms with Crippen molar-refractivity contribution in [1.29, 1.82) is 0 Å². The number of nitrogens with zero attached hydrogens (tertiary/aromatic N) is 1. The summed E-state index contributed by atoms with van der Waals surface area (Å²) < 4.78 is 24.0. The van der Waals surface area contributed by atoms with Crippen molar-refractivity contribution >= 4 is 33.2 Å². The third kappa shape index (κ3) is 3.88. The molecule has 0 radical (unpaired) electrons. The summed E-state index contributed by atoms with van der Waals surface area (Å²) in [5.41, 5.74) is 2.18. The molecule has 1 aromatic carbocycles. The average molecular weight is 278 g/mol. The fraction of sp³-hybridized carbons (Fsp3) is 0.222. The topological polar surface area (TPSA) is 92.5 Å². The number of benzene rings is 1. The van der Waals surface area contributed by atoms with Gasteiger partial charge in [0.1, 0.15) is 6.54 Å². The van der Waals surface area contributed by atoms with Gasteiger partial charge in [0.15, 0.2) is 0 Å². The monoisotopic (exact) mass is 277 g/mol. The highest BCUT2D eigenvalue weighted by molar-refractivity contribution is 7.92. The number of carbonyl (C=O) groups is 1. The van der Waals surface area contributed by atoms with Crippen LogP contribution in [0.2, 0.25) is 5.02 Å². The molecule has 17 heavy (non-hydrogen) atoms. The van der Waals surface area contributed by atoms with Gasteiger partial charge in [0.05, 0.1) is 11.9 Å². The normalized spacial score (nSPS) is 11.0. The Balaban J connectivity index is 3.12. The number of carbonyl (C=O) groups excluding carboxylic acids is 1. The molecule has 0 atom stereocenters. The molecule has 1 amide bonds. The molecule has 0 saturated carbocycles. The Bertz CT molecular complexity index is 518. The Morgan fingerprint density at radius 1 is 1.53 bits per heavy atom. The molecule has 0 heterocycles. The minimum atomic E-state index is -3.58. The maximum absolute atomic E-state index is 11.6. The van der Waals surface area contributed by atoms with Crippen LogP contribution in [0, 0.1) is 0 Å². The van der Waals surface area contributed by atoms with Gasteiger partial charge in [-0.2, -0.15) is 0 Å². The van der Waals surface area contributed by atoms with Crippen molar-refractivity contribution in [2.24, 2.45) is 5.84 Å². The van der Waals surface area contributed by atoms with E-state index in [2.05, 4.69) is 0 Å². The van der Waals surface area contributed by atoms with Crippen LogP contribution in [0.5, 0.6) is 0 Å². The Labute approximate surface area is 104 Å². The number of hydrogen-bond donors (Lipinski definition) is 2. The number of nitrogens with two attached hydrogens (primary N) is 1. The quantitative estimate of drug-likeness (QED) is 0.464. The Morgan fingerprint density at radius 2 is 2.18 bits per heavy atom. The zero-order valence-electron chi connectivity index (χ0n) is 9.05. The van der Waals surface area contributed by atoms with E-state index in [0.29, 0.717) is 10.7 Å². The Kier molecular flexibility index (Phi) is 4.33. The standard InChI is InChI=1S/C9H12ClN3O3S/c1-17(15,16)13(6-9(14)12-11)8-4-2-3-7(10)5-8/h2-5H,6,11H2,1H3,(H,12,14). The van der Waals surface area contributed by atoms with E-state index in [1.807, 2.05) is 5.43 Å². The van der Waals surface area contributed by atoms with Gasteiger partial charge in [-0.15, -0.1) is 0 Å². The molecule has 1 rings (SSSR count). The molecule has 8 heteroatoms. The van der Waals surface area contributed by atoms with Crippen LogP contribution in [0.15, 0.2) is 24.3 Å². The molecular formula is C9H12ClN3O3S. The first-order valence-electron chi connectivity index (χ1n) is 4.57. The van der Waals surface area contributed by atoms with E-state index in [1.54, 1.807) is 12.1 Å². The lowest BCUT2D eigenvalue weighted by Gasteiger charge is -2.21. The lowest BCUT2D eigenvalue weighted by Crippen LogP contribution is -2.42. The predicted octanol–water partition coefficient (Wildman–Crippen LogP) is 0.0959. The molecule has 0 saturated heterocycles. The Morgan fingerprint density at radius 3 is 2.65 bits per heavy atom. The highest BCUT2D eigenvalue weighted by atomic mass is 35.5. The number of nitrogens with one attached hydrogen (secondary N) is 1. The van der Waals surface area contributed by atoms with E-state index < -0.39 is 22.5 Å². The van der Waals surface area contributed by atoms with Crippen molar-refractivity contribution in [2.45, 2.75) is 0 Å². The number of anilines is 1. The molecule has 3 N–H and O–H groups in total. The predicted molar refractivity (Wildman–Crippen MR) is 66.0 cm³/mol. The summed E-state index contributed by atoms with van der Waals surface area (Å²) >= 11 is 5.76. The van der Waals surface area contributed by atoms with Gasteiger partial charge in [-0.25, -0.2) is 14.3 Å². The number of hydrazine groups is 1. The van der Waals surface area contributed by atoms with Crippen LogP contribution in [0.4, 0.5) is 5.69 Å². The fourth-order valence-electron chi connectivity index (χ4n) is 1.21. The second-order valence-corrected chi connectivity index (χ2v) is 5.66. The van der Waals surface area contributed by atoms with E-state index in [9.17, 15) is 13.2 Å². The second-order valence-electron chi connectivity index (χ2n) is 3.32. The molecule has 0 aliphatic heterocycles. The van der Waals surface area contributed by atoms with Gasteiger partial charge < -0.3 is 0 Å². The van der Waals surface area contributed by atoms with Crippen LogP contribution in [0.3, 0.4) is 0 Å². The summed E-state index contributed by atoms with van der Waals surface area (Å²) in [5.74, 6) is 4.31. The summed E-state index contributed by atoms with van der Waals surface area (Å²) in [4.78, 5) is 11.2. The zero-order chi connectivity index (χ0) is 13.1. The van der Waals surface area contributed by atoms with Crippen LogP contribution < -0.4 is 15.6 Å². The van der Waals surface area contributed by atoms with Gasteiger partial charge in [-0.1, -0.05) is 17.7 Å². The molecule has 94 valence electrons. The van der Waals surface area contributed by atoms with E-state index in [4.69, 9.17) is 17.4 Å². The lowest BCUT2D eigenvalue weighted by molar-refractivity contribution is -0.119. The van der Waals surface area contributed by atoms with Crippen LogP contribution in [0.1, 0.15) is 0 Å². The molecule has 0 aliphatic carbocycles. The van der Waals surface area contributed by atoms with Gasteiger partial charge in [-0.3, -0.25) is 14.5 Å². The van der Waals surface area contributed by atoms with Gasteiger partial charge in [-0.05, 0) is 18.2 Å². The summed E-state index contributed by atoms with van der Waals surface area (Å²) in [6, 6.07) is 6.19. The zero-order valence-corrected chi connectivity index (χ0v) is 10.6. The first-order valence-corrected chi connectivity index (χ1v) is 6.80. The maximum atomic E-state index is 11.6. The van der Waals surface area contributed by atoms with E-state index in [1.165, 1.54) is 12.1 Å². The largest absolute Gasteiger partial charge is 0.293 e. The summed E-state index contributed by atoms with van der Waals surface area (Å²) in [7, 11) is -3.58. The molecule has 0 bridgehead atoms. The molecule has 0 spiro atoms. The second kappa shape index (κ2) is 5.35. The van der Waals surface area contributed by atoms with Crippen molar-refractivity contribution < 1.29 is 13.2 Å². The van der Waals surface area contributed by atoms with Crippen molar-refractivity contribution in [3.05, 3.63) is 29.3 Å². The van der Waals surface area contributed by atoms with Crippen molar-refractivity contribution in [3.8, 4) is 0 Å². The molecule has 0 aromatic heterocycles. The smallest absolute Gasteiger partial charge is 0.254 e. The van der Waals surface area contributed by atoms with Gasteiger partial charge in [0.25, 0.3) is 5.91 Å². The van der Waals surface area contributed by atoms with Crippen molar-refractivity contribution in [2.75, 3.05) is 17.1 Å². The van der Waals surface area contributed by atoms with Gasteiger partial charge >= 0.3 is 0 Å². The fourth-order valence-corrected chi connectivity index (χ4v) is 2.24. The van der Waals surface area contributed by atoms with Crippen LogP contribution >= 0.6 is 11.6 Å². The third-order valence-corrected chi connectivity index (χ3v) is 3.32. The van der Waals surface area contributed by atoms with Crippen LogP contribution in [0.25, 0.3) is 0 Å².